The standard InChI is InChI=1S/C7H14N2O3/c1-6(2)7(3,4)9(12)5(10)8(6)11/h11-12H,1-4H3. The topological polar surface area (TPSA) is 64.0 Å². The van der Waals surface area contributed by atoms with Gasteiger partial charge in [0, 0.05) is 0 Å². The molecule has 0 atom stereocenters. The van der Waals surface area contributed by atoms with Crippen LogP contribution in [-0.2, 0) is 0 Å². The summed E-state index contributed by atoms with van der Waals surface area (Å²) in [6.45, 7) is 6.73. The molecule has 0 unspecified atom stereocenters. The van der Waals surface area contributed by atoms with Gasteiger partial charge in [-0.05, 0) is 27.7 Å². The van der Waals surface area contributed by atoms with Gasteiger partial charge in [0.05, 0.1) is 11.1 Å². The maximum atomic E-state index is 11.1. The molecular weight excluding hydrogens is 160 g/mol. The first-order valence-corrected chi connectivity index (χ1v) is 3.75. The van der Waals surface area contributed by atoms with E-state index < -0.39 is 17.1 Å². The Morgan fingerprint density at radius 1 is 1.00 bits per heavy atom. The highest BCUT2D eigenvalue weighted by atomic mass is 16.6. The van der Waals surface area contributed by atoms with E-state index in [2.05, 4.69) is 0 Å². The fourth-order valence-electron chi connectivity index (χ4n) is 1.09. The first kappa shape index (κ1) is 9.28. The van der Waals surface area contributed by atoms with Crippen molar-refractivity contribution in [2.75, 3.05) is 0 Å². The van der Waals surface area contributed by atoms with Crippen LogP contribution in [0.1, 0.15) is 27.7 Å². The van der Waals surface area contributed by atoms with Gasteiger partial charge < -0.3 is 0 Å². The Morgan fingerprint density at radius 3 is 1.33 bits per heavy atom. The maximum Gasteiger partial charge on any atom is 0.368 e. The number of carbonyl (C=O) groups is 1. The molecule has 0 aromatic heterocycles. The maximum absolute atomic E-state index is 11.1. The number of urea groups is 1. The van der Waals surface area contributed by atoms with Crippen molar-refractivity contribution in [1.82, 2.24) is 10.1 Å². The number of carbonyl (C=O) groups excluding carboxylic acids is 1. The quantitative estimate of drug-likeness (QED) is 0.540. The number of hydrogen-bond donors (Lipinski definition) is 2. The molecule has 0 radical (unpaired) electrons. The molecule has 0 bridgehead atoms. The summed E-state index contributed by atoms with van der Waals surface area (Å²) in [6, 6.07) is -0.787. The number of nitrogens with zero attached hydrogens (tertiary/aromatic N) is 2. The molecule has 1 aliphatic heterocycles. The van der Waals surface area contributed by atoms with Gasteiger partial charge >= 0.3 is 6.03 Å². The Bertz CT molecular complexity index is 203. The number of hydrogen-bond acceptors (Lipinski definition) is 3. The van der Waals surface area contributed by atoms with Crippen LogP contribution in [0.25, 0.3) is 0 Å². The second kappa shape index (κ2) is 2.11. The van der Waals surface area contributed by atoms with Crippen LogP contribution >= 0.6 is 0 Å². The molecule has 70 valence electrons. The lowest BCUT2D eigenvalue weighted by atomic mass is 9.84. The van der Waals surface area contributed by atoms with E-state index in [9.17, 15) is 15.2 Å². The molecule has 2 amide bonds. The van der Waals surface area contributed by atoms with Crippen molar-refractivity contribution in [3.8, 4) is 0 Å². The van der Waals surface area contributed by atoms with Crippen LogP contribution in [0.15, 0.2) is 0 Å². The fraction of sp³-hybridized carbons (Fsp3) is 0.857. The zero-order chi connectivity index (χ0) is 9.73. The Labute approximate surface area is 71.1 Å². The average molecular weight is 174 g/mol. The molecule has 0 aromatic carbocycles. The predicted molar refractivity (Wildman–Crippen MR) is 40.8 cm³/mol. The fourth-order valence-corrected chi connectivity index (χ4v) is 1.09. The Hall–Kier alpha value is -0.810. The van der Waals surface area contributed by atoms with E-state index in [1.165, 1.54) is 0 Å². The van der Waals surface area contributed by atoms with Crippen molar-refractivity contribution in [2.45, 2.75) is 38.8 Å². The van der Waals surface area contributed by atoms with Gasteiger partial charge in [0.2, 0.25) is 0 Å². The predicted octanol–water partition coefficient (Wildman–Crippen LogP) is 1.06. The lowest BCUT2D eigenvalue weighted by molar-refractivity contribution is -0.125. The summed E-state index contributed by atoms with van der Waals surface area (Å²) in [4.78, 5) is 11.1. The summed E-state index contributed by atoms with van der Waals surface area (Å²) in [5.41, 5.74) is -1.59. The molecule has 5 nitrogen and oxygen atoms in total. The van der Waals surface area contributed by atoms with E-state index in [-0.39, 0.29) is 0 Å². The lowest BCUT2D eigenvalue weighted by Gasteiger charge is -2.36. The van der Waals surface area contributed by atoms with E-state index in [1.54, 1.807) is 27.7 Å². The van der Waals surface area contributed by atoms with Gasteiger partial charge in [0.1, 0.15) is 0 Å². The van der Waals surface area contributed by atoms with E-state index in [0.717, 1.165) is 0 Å². The Kier molecular flexibility index (Phi) is 1.63. The molecule has 1 aliphatic rings. The molecule has 2 N–H and O–H groups in total. The molecule has 5 heteroatoms. The highest BCUT2D eigenvalue weighted by Crippen LogP contribution is 2.38. The van der Waals surface area contributed by atoms with Crippen LogP contribution in [0.2, 0.25) is 0 Å². The highest BCUT2D eigenvalue weighted by Gasteiger charge is 2.57. The van der Waals surface area contributed by atoms with E-state index >= 15 is 0 Å². The molecule has 1 saturated heterocycles. The lowest BCUT2D eigenvalue weighted by Crippen LogP contribution is -2.52. The van der Waals surface area contributed by atoms with Gasteiger partial charge in [-0.25, -0.2) is 4.79 Å². The smallest absolute Gasteiger partial charge is 0.284 e. The second-order valence-electron chi connectivity index (χ2n) is 4.02. The second-order valence-corrected chi connectivity index (χ2v) is 4.02. The molecule has 0 spiro atoms. The summed E-state index contributed by atoms with van der Waals surface area (Å²) in [6.07, 6.45) is 0. The van der Waals surface area contributed by atoms with Gasteiger partial charge in [-0.1, -0.05) is 0 Å². The third-order valence-electron chi connectivity index (χ3n) is 2.92. The third kappa shape index (κ3) is 0.776. The molecule has 12 heavy (non-hydrogen) atoms. The van der Waals surface area contributed by atoms with Crippen LogP contribution in [0.5, 0.6) is 0 Å². The molecule has 1 fully saturated rings. The molecule has 0 aliphatic carbocycles. The minimum atomic E-state index is -0.793. The average Bonchev–Trinajstić information content (AvgIpc) is 2.05. The SMILES string of the molecule is CC1(C)N(O)C(=O)N(O)C1(C)C. The molecule has 1 rings (SSSR count). The van der Waals surface area contributed by atoms with Crippen LogP contribution in [0.3, 0.4) is 0 Å². The number of hydroxylamine groups is 4. The van der Waals surface area contributed by atoms with Gasteiger partial charge in [0.25, 0.3) is 0 Å². The largest absolute Gasteiger partial charge is 0.368 e. The summed E-state index contributed by atoms with van der Waals surface area (Å²) in [7, 11) is 0. The Morgan fingerprint density at radius 2 is 1.25 bits per heavy atom. The summed E-state index contributed by atoms with van der Waals surface area (Å²) >= 11 is 0. The first-order chi connectivity index (χ1) is 5.23. The van der Waals surface area contributed by atoms with Crippen LogP contribution in [-0.4, -0.2) is 37.6 Å². The van der Waals surface area contributed by atoms with Crippen LogP contribution in [0.4, 0.5) is 4.79 Å². The monoisotopic (exact) mass is 174 g/mol. The van der Waals surface area contributed by atoms with Crippen LogP contribution < -0.4 is 0 Å². The van der Waals surface area contributed by atoms with Crippen molar-refractivity contribution in [3.05, 3.63) is 0 Å². The zero-order valence-electron chi connectivity index (χ0n) is 7.70. The molecule has 1 heterocycles. The summed E-state index contributed by atoms with van der Waals surface area (Å²) in [5.74, 6) is 0. The third-order valence-corrected chi connectivity index (χ3v) is 2.92. The zero-order valence-corrected chi connectivity index (χ0v) is 7.70. The molecule has 0 saturated carbocycles. The number of amides is 2. The van der Waals surface area contributed by atoms with E-state index in [1.807, 2.05) is 0 Å². The number of rotatable bonds is 0. The van der Waals surface area contributed by atoms with Crippen molar-refractivity contribution >= 4 is 6.03 Å². The van der Waals surface area contributed by atoms with E-state index in [4.69, 9.17) is 0 Å². The van der Waals surface area contributed by atoms with Crippen molar-refractivity contribution in [3.63, 3.8) is 0 Å². The van der Waals surface area contributed by atoms with Gasteiger partial charge in [0.15, 0.2) is 0 Å². The van der Waals surface area contributed by atoms with E-state index in [0.29, 0.717) is 10.1 Å². The summed E-state index contributed by atoms with van der Waals surface area (Å²) < 4.78 is 0. The van der Waals surface area contributed by atoms with Gasteiger partial charge in [-0.15, -0.1) is 0 Å². The summed E-state index contributed by atoms with van der Waals surface area (Å²) in [5, 5.41) is 19.7. The van der Waals surface area contributed by atoms with Crippen molar-refractivity contribution in [1.29, 1.82) is 0 Å². The van der Waals surface area contributed by atoms with Gasteiger partial charge in [-0.3, -0.25) is 10.4 Å². The minimum absolute atomic E-state index is 0.549. The molecule has 0 aromatic rings. The highest BCUT2D eigenvalue weighted by molar-refractivity contribution is 5.77. The van der Waals surface area contributed by atoms with Gasteiger partial charge in [-0.2, -0.15) is 10.1 Å². The van der Waals surface area contributed by atoms with Crippen LogP contribution in [0, 0.1) is 0 Å². The minimum Gasteiger partial charge on any atom is -0.284 e. The normalized spacial score (nSPS) is 26.7. The Balaban J connectivity index is 3.14. The first-order valence-electron chi connectivity index (χ1n) is 3.75. The van der Waals surface area contributed by atoms with Crippen molar-refractivity contribution in [2.24, 2.45) is 0 Å². The molecular formula is C7H14N2O3. The van der Waals surface area contributed by atoms with Crippen molar-refractivity contribution < 1.29 is 15.2 Å².